The lowest BCUT2D eigenvalue weighted by molar-refractivity contribution is -0.132. The zero-order valence-corrected chi connectivity index (χ0v) is 21.6. The maximum atomic E-state index is 14.9. The van der Waals surface area contributed by atoms with E-state index in [4.69, 9.17) is 32.7 Å². The van der Waals surface area contributed by atoms with E-state index in [0.29, 0.717) is 41.1 Å². The highest BCUT2D eigenvalue weighted by Gasteiger charge is 2.39. The van der Waals surface area contributed by atoms with Gasteiger partial charge in [0.25, 0.3) is 5.91 Å². The second kappa shape index (κ2) is 12.0. The Morgan fingerprint density at radius 2 is 2.03 bits per heavy atom. The molecule has 8 nitrogen and oxygen atoms in total. The van der Waals surface area contributed by atoms with Crippen LogP contribution in [0.5, 0.6) is 0 Å². The molecule has 3 amide bonds. The molecule has 2 fully saturated rings. The molecule has 196 valence electrons. The normalized spacial score (nSPS) is 20.1. The van der Waals surface area contributed by atoms with Crippen LogP contribution in [-0.2, 0) is 23.9 Å². The van der Waals surface area contributed by atoms with E-state index in [2.05, 4.69) is 5.32 Å². The number of likely N-dealkylation sites (tertiary alicyclic amines) is 1. The van der Waals surface area contributed by atoms with Crippen molar-refractivity contribution in [1.82, 2.24) is 4.90 Å². The number of halogens is 3. The smallest absolute Gasteiger partial charge is 0.253 e. The van der Waals surface area contributed by atoms with Gasteiger partial charge in [0.05, 0.1) is 28.4 Å². The van der Waals surface area contributed by atoms with Crippen LogP contribution in [0.2, 0.25) is 10.0 Å². The van der Waals surface area contributed by atoms with E-state index < -0.39 is 23.7 Å². The molecule has 2 aromatic rings. The first kappa shape index (κ1) is 27.1. The maximum absolute atomic E-state index is 14.9. The van der Waals surface area contributed by atoms with E-state index in [1.807, 2.05) is 6.92 Å². The van der Waals surface area contributed by atoms with Gasteiger partial charge >= 0.3 is 0 Å². The quantitative estimate of drug-likeness (QED) is 0.524. The summed E-state index contributed by atoms with van der Waals surface area (Å²) in [5.41, 5.74) is 1.00. The van der Waals surface area contributed by atoms with Gasteiger partial charge in [0.1, 0.15) is 18.5 Å². The van der Waals surface area contributed by atoms with Gasteiger partial charge in [-0.25, -0.2) is 4.39 Å². The number of nitrogens with one attached hydrogen (secondary N) is 1. The molecule has 37 heavy (non-hydrogen) atoms. The molecule has 0 bridgehead atoms. The molecule has 2 atom stereocenters. The van der Waals surface area contributed by atoms with Crippen molar-refractivity contribution in [3.63, 3.8) is 0 Å². The van der Waals surface area contributed by atoms with Crippen LogP contribution in [0.1, 0.15) is 18.9 Å². The fourth-order valence-corrected chi connectivity index (χ4v) is 4.61. The molecule has 2 aliphatic heterocycles. The van der Waals surface area contributed by atoms with Crippen molar-refractivity contribution >= 4 is 58.4 Å². The number of hydrogen-bond acceptors (Lipinski definition) is 5. The largest absolute Gasteiger partial charge is 0.377 e. The Bertz CT molecular complexity index is 1220. The third-order valence-corrected chi connectivity index (χ3v) is 6.86. The summed E-state index contributed by atoms with van der Waals surface area (Å²) in [5, 5.41) is 3.34. The number of carbonyl (C=O) groups excluding carboxylic acids is 3. The Hall–Kier alpha value is -2.98. The minimum atomic E-state index is -0.859. The monoisotopic (exact) mass is 549 g/mol. The average Bonchev–Trinajstić information content (AvgIpc) is 3.30. The summed E-state index contributed by atoms with van der Waals surface area (Å²) in [6, 6.07) is 8.26. The van der Waals surface area contributed by atoms with Crippen molar-refractivity contribution in [2.24, 2.45) is 0 Å². The molecular weight excluding hydrogens is 524 g/mol. The minimum absolute atomic E-state index is 0.0481. The Balaban J connectivity index is 1.48. The summed E-state index contributed by atoms with van der Waals surface area (Å²) in [7, 11) is 0. The third-order valence-electron chi connectivity index (χ3n) is 6.12. The predicted molar refractivity (Wildman–Crippen MR) is 139 cm³/mol. The van der Waals surface area contributed by atoms with Gasteiger partial charge < -0.3 is 24.6 Å². The molecule has 2 saturated heterocycles. The molecule has 0 unspecified atom stereocenters. The van der Waals surface area contributed by atoms with Crippen LogP contribution in [0.15, 0.2) is 42.5 Å². The Labute approximate surface area is 223 Å². The SMILES string of the molecule is CCO[C@@H]1C[C@H](C(=O)Nc2ccc(N3CCOCC3=O)cc2F)N(C(=O)C=Cc2ccc(Cl)c(Cl)c2)C1. The summed E-state index contributed by atoms with van der Waals surface area (Å²) >= 11 is 12.0. The lowest BCUT2D eigenvalue weighted by Crippen LogP contribution is -2.42. The average molecular weight is 550 g/mol. The first-order valence-electron chi connectivity index (χ1n) is 11.8. The number of amides is 3. The van der Waals surface area contributed by atoms with Crippen molar-refractivity contribution in [3.05, 3.63) is 63.9 Å². The summed E-state index contributed by atoms with van der Waals surface area (Å²) in [6.45, 7) is 3.09. The van der Waals surface area contributed by atoms with Gasteiger partial charge in [-0.15, -0.1) is 0 Å². The third kappa shape index (κ3) is 6.48. The van der Waals surface area contributed by atoms with Crippen molar-refractivity contribution in [2.75, 3.05) is 43.1 Å². The molecule has 4 rings (SSSR count). The van der Waals surface area contributed by atoms with Crippen LogP contribution in [0.25, 0.3) is 6.08 Å². The first-order valence-corrected chi connectivity index (χ1v) is 12.6. The maximum Gasteiger partial charge on any atom is 0.253 e. The van der Waals surface area contributed by atoms with Crippen molar-refractivity contribution in [1.29, 1.82) is 0 Å². The van der Waals surface area contributed by atoms with Gasteiger partial charge in [-0.2, -0.15) is 0 Å². The molecule has 1 N–H and O–H groups in total. The lowest BCUT2D eigenvalue weighted by atomic mass is 10.1. The Morgan fingerprint density at radius 3 is 2.73 bits per heavy atom. The molecule has 2 heterocycles. The first-order chi connectivity index (χ1) is 17.8. The van der Waals surface area contributed by atoms with Crippen molar-refractivity contribution in [2.45, 2.75) is 25.5 Å². The molecule has 0 saturated carbocycles. The standard InChI is InChI=1S/C26H26Cl2FN3O5/c1-2-37-18-13-23(32(14-18)24(33)8-4-16-3-6-19(27)20(28)11-16)26(35)30-22-7-5-17(12-21(22)29)31-9-10-36-15-25(31)34/h3-8,11-12,18,23H,2,9-10,13-15H2,1H3,(H,30,35)/t18-,23-/m1/s1. The second-order valence-electron chi connectivity index (χ2n) is 8.58. The molecule has 11 heteroatoms. The molecule has 2 aliphatic rings. The molecule has 2 aromatic carbocycles. The zero-order chi connectivity index (χ0) is 26.5. The van der Waals surface area contributed by atoms with Crippen LogP contribution in [0, 0.1) is 5.82 Å². The summed E-state index contributed by atoms with van der Waals surface area (Å²) in [6.07, 6.45) is 2.87. The summed E-state index contributed by atoms with van der Waals surface area (Å²) in [5.74, 6) is -1.89. The van der Waals surface area contributed by atoms with Crippen molar-refractivity contribution < 1.29 is 28.2 Å². The lowest BCUT2D eigenvalue weighted by Gasteiger charge is -2.27. The Morgan fingerprint density at radius 1 is 1.22 bits per heavy atom. The van der Waals surface area contributed by atoms with Crippen LogP contribution in [0.3, 0.4) is 0 Å². The number of anilines is 2. The van der Waals surface area contributed by atoms with Gasteiger partial charge in [0.15, 0.2) is 0 Å². The number of hydrogen-bond donors (Lipinski definition) is 1. The van der Waals surface area contributed by atoms with E-state index in [9.17, 15) is 18.8 Å². The van der Waals surface area contributed by atoms with Crippen LogP contribution < -0.4 is 10.2 Å². The predicted octanol–water partition coefficient (Wildman–Crippen LogP) is 4.15. The summed E-state index contributed by atoms with van der Waals surface area (Å²) in [4.78, 5) is 41.1. The van der Waals surface area contributed by atoms with E-state index >= 15 is 0 Å². The number of morpholine rings is 1. The fourth-order valence-electron chi connectivity index (χ4n) is 4.31. The molecule has 0 aliphatic carbocycles. The van der Waals surface area contributed by atoms with E-state index in [1.54, 1.807) is 30.3 Å². The van der Waals surface area contributed by atoms with E-state index in [-0.39, 0.29) is 37.3 Å². The van der Waals surface area contributed by atoms with Crippen LogP contribution in [0.4, 0.5) is 15.8 Å². The van der Waals surface area contributed by atoms with Gasteiger partial charge in [0.2, 0.25) is 11.8 Å². The molecule has 0 radical (unpaired) electrons. The number of rotatable bonds is 7. The van der Waals surface area contributed by atoms with Crippen LogP contribution in [-0.4, -0.2) is 67.7 Å². The van der Waals surface area contributed by atoms with E-state index in [0.717, 1.165) is 0 Å². The molecular formula is C26H26Cl2FN3O5. The minimum Gasteiger partial charge on any atom is -0.377 e. The number of carbonyl (C=O) groups is 3. The van der Waals surface area contributed by atoms with Crippen molar-refractivity contribution in [3.8, 4) is 0 Å². The van der Waals surface area contributed by atoms with Gasteiger partial charge in [0, 0.05) is 37.9 Å². The zero-order valence-electron chi connectivity index (χ0n) is 20.1. The molecule has 0 spiro atoms. The molecule has 0 aromatic heterocycles. The summed E-state index contributed by atoms with van der Waals surface area (Å²) < 4.78 is 25.7. The number of nitrogens with zero attached hydrogens (tertiary/aromatic N) is 2. The van der Waals surface area contributed by atoms with Gasteiger partial charge in [-0.05, 0) is 48.9 Å². The number of benzene rings is 2. The highest BCUT2D eigenvalue weighted by atomic mass is 35.5. The second-order valence-corrected chi connectivity index (χ2v) is 9.39. The van der Waals surface area contributed by atoms with Gasteiger partial charge in [-0.3, -0.25) is 14.4 Å². The number of ether oxygens (including phenoxy) is 2. The van der Waals surface area contributed by atoms with E-state index in [1.165, 1.54) is 28.0 Å². The Kier molecular flexibility index (Phi) is 8.81. The highest BCUT2D eigenvalue weighted by molar-refractivity contribution is 6.42. The fraction of sp³-hybridized carbons (Fsp3) is 0.346. The van der Waals surface area contributed by atoms with Gasteiger partial charge in [-0.1, -0.05) is 29.3 Å². The highest BCUT2D eigenvalue weighted by Crippen LogP contribution is 2.27. The van der Waals surface area contributed by atoms with Crippen LogP contribution >= 0.6 is 23.2 Å². The topological polar surface area (TPSA) is 88.2 Å².